The van der Waals surface area contributed by atoms with Crippen molar-refractivity contribution in [3.8, 4) is 0 Å². The summed E-state index contributed by atoms with van der Waals surface area (Å²) in [5.74, 6) is 0.840. The maximum Gasteiger partial charge on any atom is 0.147 e. The molecule has 5 nitrogen and oxygen atoms in total. The highest BCUT2D eigenvalue weighted by Crippen LogP contribution is 2.26. The van der Waals surface area contributed by atoms with Crippen molar-refractivity contribution in [2.75, 3.05) is 31.7 Å². The van der Waals surface area contributed by atoms with Gasteiger partial charge in [0.25, 0.3) is 0 Å². The predicted octanol–water partition coefficient (Wildman–Crippen LogP) is -0.159. The highest BCUT2D eigenvalue weighted by molar-refractivity contribution is 5.32. The molecule has 0 aliphatic carbocycles. The number of aliphatic hydroxyl groups is 1. The smallest absolute Gasteiger partial charge is 0.147 e. The SMILES string of the molecule is Cn1ccc(NCC2(CO)COC2)n1. The summed E-state index contributed by atoms with van der Waals surface area (Å²) in [6.07, 6.45) is 1.88. The number of aromatic nitrogens is 2. The Kier molecular flexibility index (Phi) is 2.43. The van der Waals surface area contributed by atoms with Crippen LogP contribution in [-0.2, 0) is 11.8 Å². The average Bonchev–Trinajstić information content (AvgIpc) is 2.50. The first-order valence-electron chi connectivity index (χ1n) is 4.66. The van der Waals surface area contributed by atoms with Crippen molar-refractivity contribution in [1.82, 2.24) is 9.78 Å². The Morgan fingerprint density at radius 2 is 2.50 bits per heavy atom. The highest BCUT2D eigenvalue weighted by Gasteiger charge is 2.37. The van der Waals surface area contributed by atoms with Crippen LogP contribution in [0.1, 0.15) is 0 Å². The molecule has 1 aliphatic heterocycles. The average molecular weight is 197 g/mol. The van der Waals surface area contributed by atoms with E-state index in [-0.39, 0.29) is 12.0 Å². The number of ether oxygens (including phenoxy) is 1. The predicted molar refractivity (Wildman–Crippen MR) is 52.0 cm³/mol. The van der Waals surface area contributed by atoms with E-state index < -0.39 is 0 Å². The van der Waals surface area contributed by atoms with Crippen molar-refractivity contribution in [3.63, 3.8) is 0 Å². The third-order valence-corrected chi connectivity index (χ3v) is 2.51. The molecule has 0 atom stereocenters. The van der Waals surface area contributed by atoms with Crippen LogP contribution in [0.2, 0.25) is 0 Å². The number of nitrogens with one attached hydrogen (secondary N) is 1. The molecule has 1 aromatic heterocycles. The van der Waals surface area contributed by atoms with Crippen LogP contribution in [0.15, 0.2) is 12.3 Å². The normalized spacial score (nSPS) is 19.0. The second kappa shape index (κ2) is 3.59. The largest absolute Gasteiger partial charge is 0.396 e. The van der Waals surface area contributed by atoms with Gasteiger partial charge in [0.2, 0.25) is 0 Å². The number of hydrogen-bond acceptors (Lipinski definition) is 4. The van der Waals surface area contributed by atoms with E-state index in [0.29, 0.717) is 19.8 Å². The summed E-state index contributed by atoms with van der Waals surface area (Å²) in [5.41, 5.74) is -0.0997. The summed E-state index contributed by atoms with van der Waals surface area (Å²) in [5, 5.41) is 16.6. The first-order chi connectivity index (χ1) is 6.74. The zero-order valence-electron chi connectivity index (χ0n) is 8.23. The van der Waals surface area contributed by atoms with Crippen LogP contribution >= 0.6 is 0 Å². The molecule has 0 radical (unpaired) electrons. The lowest BCUT2D eigenvalue weighted by atomic mass is 9.87. The lowest BCUT2D eigenvalue weighted by Crippen LogP contribution is -2.50. The Balaban J connectivity index is 1.87. The Bertz CT molecular complexity index is 301. The first-order valence-corrected chi connectivity index (χ1v) is 4.66. The van der Waals surface area contributed by atoms with Gasteiger partial charge in [-0.1, -0.05) is 0 Å². The van der Waals surface area contributed by atoms with Gasteiger partial charge in [-0.2, -0.15) is 5.10 Å². The molecule has 1 aliphatic rings. The topological polar surface area (TPSA) is 59.3 Å². The van der Waals surface area contributed by atoms with E-state index in [1.54, 1.807) is 4.68 Å². The fourth-order valence-electron chi connectivity index (χ4n) is 1.43. The van der Waals surface area contributed by atoms with Gasteiger partial charge in [0, 0.05) is 25.9 Å². The zero-order chi connectivity index (χ0) is 10.0. The van der Waals surface area contributed by atoms with E-state index >= 15 is 0 Å². The van der Waals surface area contributed by atoms with E-state index in [2.05, 4.69) is 10.4 Å². The minimum absolute atomic E-state index is 0.0997. The molecule has 2 heterocycles. The highest BCUT2D eigenvalue weighted by atomic mass is 16.5. The molecule has 1 aromatic rings. The van der Waals surface area contributed by atoms with Crippen LogP contribution in [0.5, 0.6) is 0 Å². The molecule has 0 unspecified atom stereocenters. The van der Waals surface area contributed by atoms with Crippen molar-refractivity contribution >= 4 is 5.82 Å². The summed E-state index contributed by atoms with van der Waals surface area (Å²) in [6.45, 7) is 2.13. The van der Waals surface area contributed by atoms with Gasteiger partial charge in [-0.05, 0) is 0 Å². The number of nitrogens with zero attached hydrogens (tertiary/aromatic N) is 2. The summed E-state index contributed by atoms with van der Waals surface area (Å²) in [6, 6.07) is 1.91. The quantitative estimate of drug-likeness (QED) is 0.704. The molecule has 5 heteroatoms. The van der Waals surface area contributed by atoms with Crippen molar-refractivity contribution in [2.24, 2.45) is 12.5 Å². The molecular weight excluding hydrogens is 182 g/mol. The van der Waals surface area contributed by atoms with Crippen molar-refractivity contribution in [2.45, 2.75) is 0 Å². The zero-order valence-corrected chi connectivity index (χ0v) is 8.23. The Morgan fingerprint density at radius 3 is 2.93 bits per heavy atom. The molecule has 2 N–H and O–H groups in total. The van der Waals surface area contributed by atoms with E-state index in [4.69, 9.17) is 4.74 Å². The van der Waals surface area contributed by atoms with Gasteiger partial charge < -0.3 is 15.2 Å². The molecule has 0 aromatic carbocycles. The molecule has 0 bridgehead atoms. The summed E-state index contributed by atoms with van der Waals surface area (Å²) < 4.78 is 6.84. The van der Waals surface area contributed by atoms with Crippen LogP contribution < -0.4 is 5.32 Å². The van der Waals surface area contributed by atoms with Gasteiger partial charge in [0.1, 0.15) is 5.82 Å². The molecule has 78 valence electrons. The van der Waals surface area contributed by atoms with Crippen molar-refractivity contribution < 1.29 is 9.84 Å². The van der Waals surface area contributed by atoms with Gasteiger partial charge in [0.05, 0.1) is 25.2 Å². The molecule has 0 spiro atoms. The van der Waals surface area contributed by atoms with Crippen LogP contribution in [0, 0.1) is 5.41 Å². The van der Waals surface area contributed by atoms with Crippen molar-refractivity contribution in [1.29, 1.82) is 0 Å². The fraction of sp³-hybridized carbons (Fsp3) is 0.667. The van der Waals surface area contributed by atoms with Crippen LogP contribution in [0.25, 0.3) is 0 Å². The standard InChI is InChI=1S/C9H15N3O2/c1-12-3-2-8(11-12)10-4-9(5-13)6-14-7-9/h2-3,13H,4-7H2,1H3,(H,10,11). The van der Waals surface area contributed by atoms with Crippen molar-refractivity contribution in [3.05, 3.63) is 12.3 Å². The Labute approximate surface area is 82.7 Å². The molecule has 14 heavy (non-hydrogen) atoms. The molecule has 0 amide bonds. The maximum absolute atomic E-state index is 9.17. The number of aliphatic hydroxyl groups excluding tert-OH is 1. The lowest BCUT2D eigenvalue weighted by Gasteiger charge is -2.39. The minimum Gasteiger partial charge on any atom is -0.396 e. The summed E-state index contributed by atoms with van der Waals surface area (Å²) in [7, 11) is 1.87. The molecule has 1 saturated heterocycles. The molecule has 2 rings (SSSR count). The summed E-state index contributed by atoms with van der Waals surface area (Å²) in [4.78, 5) is 0. The third kappa shape index (κ3) is 1.73. The second-order valence-corrected chi connectivity index (χ2v) is 3.88. The number of hydrogen-bond donors (Lipinski definition) is 2. The first kappa shape index (κ1) is 9.48. The monoisotopic (exact) mass is 197 g/mol. The summed E-state index contributed by atoms with van der Waals surface area (Å²) >= 11 is 0. The Hall–Kier alpha value is -1.07. The lowest BCUT2D eigenvalue weighted by molar-refractivity contribution is -0.128. The number of aryl methyl sites for hydroxylation is 1. The second-order valence-electron chi connectivity index (χ2n) is 3.88. The van der Waals surface area contributed by atoms with Crippen LogP contribution in [0.3, 0.4) is 0 Å². The minimum atomic E-state index is -0.0997. The van der Waals surface area contributed by atoms with Crippen LogP contribution in [-0.4, -0.2) is 41.3 Å². The maximum atomic E-state index is 9.17. The number of rotatable bonds is 4. The molecule has 0 saturated carbocycles. The fourth-order valence-corrected chi connectivity index (χ4v) is 1.43. The molecular formula is C9H15N3O2. The number of anilines is 1. The van der Waals surface area contributed by atoms with Gasteiger partial charge in [-0.3, -0.25) is 4.68 Å². The Morgan fingerprint density at radius 1 is 1.71 bits per heavy atom. The molecule has 1 fully saturated rings. The van der Waals surface area contributed by atoms with E-state index in [1.165, 1.54) is 0 Å². The van der Waals surface area contributed by atoms with Gasteiger partial charge >= 0.3 is 0 Å². The van der Waals surface area contributed by atoms with Gasteiger partial charge in [0.15, 0.2) is 0 Å². The van der Waals surface area contributed by atoms with E-state index in [9.17, 15) is 5.11 Å². The third-order valence-electron chi connectivity index (χ3n) is 2.51. The van der Waals surface area contributed by atoms with Gasteiger partial charge in [-0.25, -0.2) is 0 Å². The van der Waals surface area contributed by atoms with Gasteiger partial charge in [-0.15, -0.1) is 0 Å². The van der Waals surface area contributed by atoms with E-state index in [1.807, 2.05) is 19.3 Å². The van der Waals surface area contributed by atoms with E-state index in [0.717, 1.165) is 5.82 Å². The van der Waals surface area contributed by atoms with Crippen LogP contribution in [0.4, 0.5) is 5.82 Å².